The van der Waals surface area contributed by atoms with Crippen molar-refractivity contribution in [1.82, 2.24) is 5.32 Å². The van der Waals surface area contributed by atoms with E-state index in [9.17, 15) is 23.1 Å². The number of carbonyl (C=O) groups excluding carboxylic acids is 1. The van der Waals surface area contributed by atoms with E-state index in [2.05, 4.69) is 5.32 Å². The Balaban J connectivity index is 1.88. The molecule has 0 saturated heterocycles. The number of rotatable bonds is 5. The van der Waals surface area contributed by atoms with E-state index in [0.29, 0.717) is 24.2 Å². The number of amides is 1. The quantitative estimate of drug-likeness (QED) is 0.861. The lowest BCUT2D eigenvalue weighted by molar-refractivity contribution is -0.186. The molecule has 0 spiro atoms. The van der Waals surface area contributed by atoms with Gasteiger partial charge in [0.05, 0.1) is 19.1 Å². The highest BCUT2D eigenvalue weighted by molar-refractivity contribution is 5.78. The number of aliphatic hydroxyl groups is 1. The van der Waals surface area contributed by atoms with E-state index in [4.69, 9.17) is 4.74 Å². The van der Waals surface area contributed by atoms with E-state index >= 15 is 0 Å². The van der Waals surface area contributed by atoms with Crippen molar-refractivity contribution in [2.24, 2.45) is 11.8 Å². The van der Waals surface area contributed by atoms with Gasteiger partial charge in [0.15, 0.2) is 0 Å². The van der Waals surface area contributed by atoms with Crippen molar-refractivity contribution in [3.05, 3.63) is 29.8 Å². The molecule has 0 bridgehead atoms. The molecule has 1 aliphatic carbocycles. The van der Waals surface area contributed by atoms with Crippen LogP contribution in [0.25, 0.3) is 0 Å². The van der Waals surface area contributed by atoms with E-state index in [-0.39, 0.29) is 19.4 Å². The Morgan fingerprint density at radius 1 is 1.42 bits per heavy atom. The van der Waals surface area contributed by atoms with Crippen LogP contribution in [0.2, 0.25) is 0 Å². The smallest absolute Gasteiger partial charge is 0.391 e. The fourth-order valence-electron chi connectivity index (χ4n) is 3.03. The van der Waals surface area contributed by atoms with Gasteiger partial charge in [-0.3, -0.25) is 4.79 Å². The van der Waals surface area contributed by atoms with Crippen molar-refractivity contribution in [3.8, 4) is 5.75 Å². The summed E-state index contributed by atoms with van der Waals surface area (Å²) in [5, 5.41) is 12.7. The van der Waals surface area contributed by atoms with Gasteiger partial charge in [-0.15, -0.1) is 0 Å². The molecule has 1 saturated carbocycles. The fourth-order valence-corrected chi connectivity index (χ4v) is 3.03. The number of alkyl halides is 3. The molecule has 2 rings (SSSR count). The number of carbonyl (C=O) groups is 1. The van der Waals surface area contributed by atoms with Crippen LogP contribution < -0.4 is 10.1 Å². The number of hydrogen-bond acceptors (Lipinski definition) is 3. The van der Waals surface area contributed by atoms with Crippen molar-refractivity contribution in [1.29, 1.82) is 0 Å². The van der Waals surface area contributed by atoms with Crippen LogP contribution in [-0.2, 0) is 4.79 Å². The minimum Gasteiger partial charge on any atom is -0.497 e. The summed E-state index contributed by atoms with van der Waals surface area (Å²) in [4.78, 5) is 12.1. The third-order valence-electron chi connectivity index (χ3n) is 4.46. The number of benzene rings is 1. The Hall–Kier alpha value is -1.76. The second-order valence-electron chi connectivity index (χ2n) is 6.14. The van der Waals surface area contributed by atoms with Crippen LogP contribution >= 0.6 is 0 Å². The fraction of sp³-hybridized carbons (Fsp3) is 0.588. The Morgan fingerprint density at radius 2 is 2.17 bits per heavy atom. The number of aliphatic hydroxyl groups excluding tert-OH is 1. The highest BCUT2D eigenvalue weighted by Crippen LogP contribution is 2.39. The molecule has 4 nitrogen and oxygen atoms in total. The van der Waals surface area contributed by atoms with Crippen LogP contribution in [0.4, 0.5) is 13.2 Å². The molecule has 3 atom stereocenters. The highest BCUT2D eigenvalue weighted by Gasteiger charge is 2.43. The Labute approximate surface area is 139 Å². The molecule has 0 aliphatic heterocycles. The molecule has 1 amide bonds. The van der Waals surface area contributed by atoms with Gasteiger partial charge < -0.3 is 15.2 Å². The van der Waals surface area contributed by atoms with Gasteiger partial charge in [0.25, 0.3) is 0 Å². The molecule has 2 N–H and O–H groups in total. The first-order valence-electron chi connectivity index (χ1n) is 7.97. The zero-order valence-electron chi connectivity index (χ0n) is 13.5. The van der Waals surface area contributed by atoms with Crippen LogP contribution in [0, 0.1) is 11.8 Å². The number of ether oxygens (including phenoxy) is 1. The lowest BCUT2D eigenvalue weighted by Gasteiger charge is -2.30. The van der Waals surface area contributed by atoms with E-state index < -0.39 is 30.0 Å². The van der Waals surface area contributed by atoms with Gasteiger partial charge in [-0.1, -0.05) is 18.6 Å². The molecule has 134 valence electrons. The largest absolute Gasteiger partial charge is 0.497 e. The van der Waals surface area contributed by atoms with Crippen molar-refractivity contribution in [3.63, 3.8) is 0 Å². The SMILES string of the molecule is COc1cccc(C(O)CNC(=O)C2CCCC(C(F)(F)F)C2)c1. The summed E-state index contributed by atoms with van der Waals surface area (Å²) in [6.07, 6.45) is -4.44. The maximum absolute atomic E-state index is 12.8. The number of halogens is 3. The molecule has 1 aromatic carbocycles. The Bertz CT molecular complexity index is 562. The lowest BCUT2D eigenvalue weighted by Crippen LogP contribution is -2.38. The summed E-state index contributed by atoms with van der Waals surface area (Å²) in [6, 6.07) is 6.79. The minimum absolute atomic E-state index is 0.0425. The summed E-state index contributed by atoms with van der Waals surface area (Å²) in [5.41, 5.74) is 0.575. The molecule has 1 fully saturated rings. The highest BCUT2D eigenvalue weighted by atomic mass is 19.4. The third kappa shape index (κ3) is 4.87. The average Bonchev–Trinajstić information content (AvgIpc) is 2.58. The third-order valence-corrected chi connectivity index (χ3v) is 4.46. The van der Waals surface area contributed by atoms with Gasteiger partial charge >= 0.3 is 6.18 Å². The topological polar surface area (TPSA) is 58.6 Å². The Morgan fingerprint density at radius 3 is 2.83 bits per heavy atom. The first kappa shape index (κ1) is 18.6. The van der Waals surface area contributed by atoms with E-state index in [1.54, 1.807) is 24.3 Å². The van der Waals surface area contributed by atoms with Gasteiger partial charge in [-0.25, -0.2) is 0 Å². The maximum Gasteiger partial charge on any atom is 0.391 e. The average molecular weight is 345 g/mol. The Kier molecular flexibility index (Phi) is 6.10. The van der Waals surface area contributed by atoms with Gasteiger partial charge in [0.2, 0.25) is 5.91 Å². The summed E-state index contributed by atoms with van der Waals surface area (Å²) in [6.45, 7) is -0.0425. The normalized spacial score (nSPS) is 22.7. The molecule has 3 unspecified atom stereocenters. The number of methoxy groups -OCH3 is 1. The monoisotopic (exact) mass is 345 g/mol. The molecule has 1 aliphatic rings. The van der Waals surface area contributed by atoms with Gasteiger partial charge in [-0.2, -0.15) is 13.2 Å². The van der Waals surface area contributed by atoms with Crippen molar-refractivity contribution in [2.75, 3.05) is 13.7 Å². The van der Waals surface area contributed by atoms with Gasteiger partial charge in [0.1, 0.15) is 5.75 Å². The van der Waals surface area contributed by atoms with Crippen LogP contribution in [0.3, 0.4) is 0 Å². The molecular formula is C17H22F3NO3. The summed E-state index contributed by atoms with van der Waals surface area (Å²) < 4.78 is 43.5. The first-order chi connectivity index (χ1) is 11.3. The van der Waals surface area contributed by atoms with Crippen LogP contribution in [0.5, 0.6) is 5.75 Å². The van der Waals surface area contributed by atoms with Crippen LogP contribution in [0.15, 0.2) is 24.3 Å². The van der Waals surface area contributed by atoms with E-state index in [1.807, 2.05) is 0 Å². The zero-order chi connectivity index (χ0) is 17.7. The second kappa shape index (κ2) is 7.88. The van der Waals surface area contributed by atoms with Crippen molar-refractivity contribution >= 4 is 5.91 Å². The van der Waals surface area contributed by atoms with Gasteiger partial charge in [0, 0.05) is 12.5 Å². The number of hydrogen-bond donors (Lipinski definition) is 2. The minimum atomic E-state index is -4.25. The zero-order valence-corrected chi connectivity index (χ0v) is 13.5. The number of nitrogens with one attached hydrogen (secondary N) is 1. The van der Waals surface area contributed by atoms with E-state index in [1.165, 1.54) is 7.11 Å². The summed E-state index contributed by atoms with van der Waals surface area (Å²) in [5.74, 6) is -1.91. The predicted molar refractivity (Wildman–Crippen MR) is 82.5 cm³/mol. The standard InChI is InChI=1S/C17H22F3NO3/c1-24-14-7-3-4-11(9-14)15(22)10-21-16(23)12-5-2-6-13(8-12)17(18,19)20/h3-4,7,9,12-13,15,22H,2,5-6,8,10H2,1H3,(H,21,23). The lowest BCUT2D eigenvalue weighted by atomic mass is 9.80. The van der Waals surface area contributed by atoms with Crippen LogP contribution in [-0.4, -0.2) is 30.8 Å². The van der Waals surface area contributed by atoms with Crippen molar-refractivity contribution < 1.29 is 27.8 Å². The predicted octanol–water partition coefficient (Wildman–Crippen LogP) is 3.21. The van der Waals surface area contributed by atoms with E-state index in [0.717, 1.165) is 0 Å². The first-order valence-corrected chi connectivity index (χ1v) is 7.97. The van der Waals surface area contributed by atoms with Crippen molar-refractivity contribution in [2.45, 2.75) is 38.0 Å². The summed E-state index contributed by atoms with van der Waals surface area (Å²) in [7, 11) is 1.51. The van der Waals surface area contributed by atoms with Crippen LogP contribution in [0.1, 0.15) is 37.4 Å². The molecular weight excluding hydrogens is 323 g/mol. The van der Waals surface area contributed by atoms with Gasteiger partial charge in [-0.05, 0) is 37.0 Å². The molecule has 1 aromatic rings. The molecule has 0 heterocycles. The maximum atomic E-state index is 12.8. The molecule has 0 radical (unpaired) electrons. The molecule has 24 heavy (non-hydrogen) atoms. The molecule has 0 aromatic heterocycles. The summed E-state index contributed by atoms with van der Waals surface area (Å²) >= 11 is 0. The molecule has 7 heteroatoms. The second-order valence-corrected chi connectivity index (χ2v) is 6.14.